The van der Waals surface area contributed by atoms with Gasteiger partial charge in [0, 0.05) is 11.1 Å². The Morgan fingerprint density at radius 2 is 1.95 bits per heavy atom. The molecule has 0 aliphatic heterocycles. The lowest BCUT2D eigenvalue weighted by atomic mass is 10.1. The highest BCUT2D eigenvalue weighted by atomic mass is 35.5. The summed E-state index contributed by atoms with van der Waals surface area (Å²) in [6.45, 7) is 1.91. The number of ether oxygens (including phenoxy) is 1. The Hall–Kier alpha value is -1.58. The molecule has 0 fully saturated rings. The topological polar surface area (TPSA) is 29.5 Å². The van der Waals surface area contributed by atoms with E-state index in [0.29, 0.717) is 28.3 Å². The molecule has 0 heterocycles. The van der Waals surface area contributed by atoms with Crippen LogP contribution in [-0.2, 0) is 6.61 Å². The van der Waals surface area contributed by atoms with Crippen LogP contribution in [0, 0.1) is 5.82 Å². The first kappa shape index (κ1) is 14.8. The summed E-state index contributed by atoms with van der Waals surface area (Å²) < 4.78 is 19.3. The molecule has 0 saturated carbocycles. The first-order chi connectivity index (χ1) is 9.63. The van der Waals surface area contributed by atoms with Crippen molar-refractivity contribution in [2.75, 3.05) is 0 Å². The van der Waals surface area contributed by atoms with Crippen molar-refractivity contribution in [1.29, 1.82) is 0 Å². The van der Waals surface area contributed by atoms with Gasteiger partial charge in [-0.2, -0.15) is 0 Å². The maximum Gasteiger partial charge on any atom is 0.131 e. The van der Waals surface area contributed by atoms with Gasteiger partial charge in [0.25, 0.3) is 0 Å². The van der Waals surface area contributed by atoms with Crippen LogP contribution in [0.2, 0.25) is 5.02 Å². The van der Waals surface area contributed by atoms with Gasteiger partial charge in [0.2, 0.25) is 0 Å². The average Bonchev–Trinajstić information content (AvgIpc) is 2.46. The van der Waals surface area contributed by atoms with Gasteiger partial charge in [-0.25, -0.2) is 4.39 Å². The maximum absolute atomic E-state index is 13.7. The van der Waals surface area contributed by atoms with Crippen molar-refractivity contribution in [3.63, 3.8) is 0 Å². The molecule has 106 valence electrons. The van der Waals surface area contributed by atoms with Crippen molar-refractivity contribution < 1.29 is 14.2 Å². The lowest BCUT2D eigenvalue weighted by molar-refractivity contribution is 0.166. The normalized spacial score (nSPS) is 12.2. The highest BCUT2D eigenvalue weighted by Gasteiger charge is 2.13. The molecule has 0 bridgehead atoms. The first-order valence-corrected chi connectivity index (χ1v) is 6.84. The van der Waals surface area contributed by atoms with Crippen molar-refractivity contribution in [1.82, 2.24) is 0 Å². The number of benzene rings is 2. The lowest BCUT2D eigenvalue weighted by Crippen LogP contribution is -2.04. The molecular weight excluding hydrogens is 279 g/mol. The Morgan fingerprint density at radius 3 is 2.65 bits per heavy atom. The van der Waals surface area contributed by atoms with Crippen LogP contribution < -0.4 is 4.74 Å². The quantitative estimate of drug-likeness (QED) is 0.879. The Balaban J connectivity index is 2.19. The molecule has 2 rings (SSSR count). The molecule has 2 aromatic carbocycles. The summed E-state index contributed by atoms with van der Waals surface area (Å²) in [5.74, 6) is 0.146. The van der Waals surface area contributed by atoms with Gasteiger partial charge in [0.15, 0.2) is 0 Å². The van der Waals surface area contributed by atoms with Gasteiger partial charge in [-0.3, -0.25) is 0 Å². The van der Waals surface area contributed by atoms with E-state index in [1.54, 1.807) is 24.3 Å². The van der Waals surface area contributed by atoms with E-state index in [9.17, 15) is 9.50 Å². The van der Waals surface area contributed by atoms with Crippen LogP contribution in [0.1, 0.15) is 30.6 Å². The van der Waals surface area contributed by atoms with Crippen LogP contribution in [0.15, 0.2) is 42.5 Å². The second-order valence-electron chi connectivity index (χ2n) is 4.45. The summed E-state index contributed by atoms with van der Waals surface area (Å²) >= 11 is 5.96. The second-order valence-corrected chi connectivity index (χ2v) is 4.86. The van der Waals surface area contributed by atoms with E-state index in [4.69, 9.17) is 16.3 Å². The van der Waals surface area contributed by atoms with Gasteiger partial charge < -0.3 is 9.84 Å². The van der Waals surface area contributed by atoms with Crippen LogP contribution in [0.4, 0.5) is 4.39 Å². The van der Waals surface area contributed by atoms with Crippen LogP contribution >= 0.6 is 11.6 Å². The fourth-order valence-corrected chi connectivity index (χ4v) is 2.14. The molecule has 2 aromatic rings. The van der Waals surface area contributed by atoms with Gasteiger partial charge in [0.05, 0.1) is 11.1 Å². The highest BCUT2D eigenvalue weighted by Crippen LogP contribution is 2.28. The summed E-state index contributed by atoms with van der Waals surface area (Å²) in [5, 5.41) is 10.3. The predicted molar refractivity (Wildman–Crippen MR) is 77.4 cm³/mol. The van der Waals surface area contributed by atoms with Crippen LogP contribution in [-0.4, -0.2) is 5.11 Å². The van der Waals surface area contributed by atoms with Crippen molar-refractivity contribution in [2.45, 2.75) is 26.1 Å². The second kappa shape index (κ2) is 6.73. The molecule has 0 unspecified atom stereocenters. The van der Waals surface area contributed by atoms with Crippen molar-refractivity contribution >= 4 is 11.6 Å². The lowest BCUT2D eigenvalue weighted by Gasteiger charge is -2.15. The molecule has 0 aromatic heterocycles. The van der Waals surface area contributed by atoms with Crippen molar-refractivity contribution in [3.05, 3.63) is 64.4 Å². The number of rotatable bonds is 5. The summed E-state index contributed by atoms with van der Waals surface area (Å²) in [4.78, 5) is 0. The standard InChI is InChI=1S/C16H16ClFO2/c1-2-15(19)11-6-3-4-9-16(11)20-10-12-13(17)7-5-8-14(12)18/h3-9,15,19H,2,10H2,1H3/t15-/m1/s1. The third-order valence-corrected chi connectivity index (χ3v) is 3.45. The monoisotopic (exact) mass is 294 g/mol. The summed E-state index contributed by atoms with van der Waals surface area (Å²) in [6.07, 6.45) is -0.0109. The van der Waals surface area contributed by atoms with Crippen molar-refractivity contribution in [3.8, 4) is 5.75 Å². The molecule has 0 aliphatic rings. The minimum absolute atomic E-state index is 0.0267. The van der Waals surface area contributed by atoms with Crippen molar-refractivity contribution in [2.24, 2.45) is 0 Å². The fourth-order valence-electron chi connectivity index (χ4n) is 1.93. The number of hydrogen-bond acceptors (Lipinski definition) is 2. The minimum atomic E-state index is -0.595. The molecular formula is C16H16ClFO2. The SMILES string of the molecule is CC[C@@H](O)c1ccccc1OCc1c(F)cccc1Cl. The van der Waals surface area contributed by atoms with Gasteiger partial charge in [-0.05, 0) is 24.6 Å². The number of hydrogen-bond donors (Lipinski definition) is 1. The fraction of sp³-hybridized carbons (Fsp3) is 0.250. The summed E-state index contributed by atoms with van der Waals surface area (Å²) in [5.41, 5.74) is 1.01. The minimum Gasteiger partial charge on any atom is -0.488 e. The zero-order valence-electron chi connectivity index (χ0n) is 11.1. The number of para-hydroxylation sites is 1. The molecule has 4 heteroatoms. The molecule has 0 saturated heterocycles. The zero-order valence-corrected chi connectivity index (χ0v) is 11.9. The molecule has 2 nitrogen and oxygen atoms in total. The maximum atomic E-state index is 13.7. The molecule has 20 heavy (non-hydrogen) atoms. The highest BCUT2D eigenvalue weighted by molar-refractivity contribution is 6.31. The summed E-state index contributed by atoms with van der Waals surface area (Å²) in [7, 11) is 0. The third-order valence-electron chi connectivity index (χ3n) is 3.10. The van der Waals surface area contributed by atoms with E-state index in [-0.39, 0.29) is 6.61 Å². The first-order valence-electron chi connectivity index (χ1n) is 6.46. The van der Waals surface area contributed by atoms with Gasteiger partial charge in [-0.1, -0.05) is 42.8 Å². The van der Waals surface area contributed by atoms with E-state index in [2.05, 4.69) is 0 Å². The Kier molecular flexibility index (Phi) is 4.99. The smallest absolute Gasteiger partial charge is 0.131 e. The predicted octanol–water partition coefficient (Wildman–Crippen LogP) is 4.50. The molecule has 0 amide bonds. The largest absolute Gasteiger partial charge is 0.488 e. The van der Waals surface area contributed by atoms with Gasteiger partial charge >= 0.3 is 0 Å². The van der Waals surface area contributed by atoms with E-state index >= 15 is 0 Å². The third kappa shape index (κ3) is 3.30. The Labute approximate surface area is 122 Å². The molecule has 1 atom stereocenters. The summed E-state index contributed by atoms with van der Waals surface area (Å²) in [6, 6.07) is 11.7. The number of halogens is 2. The Bertz CT molecular complexity index is 566. The van der Waals surface area contributed by atoms with E-state index in [1.807, 2.05) is 19.1 Å². The molecule has 1 N–H and O–H groups in total. The van der Waals surface area contributed by atoms with Crippen LogP contribution in [0.5, 0.6) is 5.75 Å². The zero-order chi connectivity index (χ0) is 14.5. The molecule has 0 spiro atoms. The van der Waals surface area contributed by atoms with Crippen LogP contribution in [0.25, 0.3) is 0 Å². The van der Waals surface area contributed by atoms with E-state index in [1.165, 1.54) is 6.07 Å². The van der Waals surface area contributed by atoms with Gasteiger partial charge in [-0.15, -0.1) is 0 Å². The van der Waals surface area contributed by atoms with Gasteiger partial charge in [0.1, 0.15) is 18.2 Å². The van der Waals surface area contributed by atoms with E-state index < -0.39 is 11.9 Å². The van der Waals surface area contributed by atoms with E-state index in [0.717, 1.165) is 0 Å². The van der Waals surface area contributed by atoms with Crippen LogP contribution in [0.3, 0.4) is 0 Å². The molecule has 0 aliphatic carbocycles. The molecule has 0 radical (unpaired) electrons. The Morgan fingerprint density at radius 1 is 1.20 bits per heavy atom. The number of aliphatic hydroxyl groups is 1. The number of aliphatic hydroxyl groups excluding tert-OH is 1. The average molecular weight is 295 g/mol.